The number of nitro groups is 1. The Bertz CT molecular complexity index is 661. The van der Waals surface area contributed by atoms with Gasteiger partial charge >= 0.3 is 11.8 Å². The third kappa shape index (κ3) is 4.21. The van der Waals surface area contributed by atoms with Crippen molar-refractivity contribution in [2.45, 2.75) is 32.8 Å². The molecule has 0 saturated carbocycles. The molecule has 1 aliphatic rings. The van der Waals surface area contributed by atoms with Crippen LogP contribution < -0.4 is 0 Å². The summed E-state index contributed by atoms with van der Waals surface area (Å²) in [6, 6.07) is 4.30. The van der Waals surface area contributed by atoms with Crippen LogP contribution >= 0.6 is 0 Å². The molecule has 7 nitrogen and oxygen atoms in total. The minimum Gasteiger partial charge on any atom is -0.502 e. The Kier molecular flexibility index (Phi) is 4.58. The van der Waals surface area contributed by atoms with Crippen LogP contribution in [0.2, 0.25) is 0 Å². The number of carbonyl (C=O) groups excluding carboxylic acids is 1. The lowest BCUT2D eigenvalue weighted by molar-refractivity contribution is -0.385. The van der Waals surface area contributed by atoms with Crippen molar-refractivity contribution in [3.8, 4) is 5.75 Å². The van der Waals surface area contributed by atoms with Crippen molar-refractivity contribution >= 4 is 17.4 Å². The molecular weight excluding hydrogens is 300 g/mol. The van der Waals surface area contributed by atoms with Gasteiger partial charge in [-0.25, -0.2) is 4.79 Å². The fourth-order valence-corrected chi connectivity index (χ4v) is 2.29. The first-order valence-electron chi connectivity index (χ1n) is 7.32. The molecule has 124 valence electrons. The van der Waals surface area contributed by atoms with Crippen molar-refractivity contribution in [1.29, 1.82) is 0 Å². The Morgan fingerprint density at radius 2 is 2.09 bits per heavy atom. The smallest absolute Gasteiger partial charge is 0.410 e. The molecule has 1 aromatic rings. The molecule has 23 heavy (non-hydrogen) atoms. The molecule has 0 bridgehead atoms. The minimum absolute atomic E-state index is 0.321. The second-order valence-corrected chi connectivity index (χ2v) is 6.37. The largest absolute Gasteiger partial charge is 0.502 e. The molecule has 0 aliphatic carbocycles. The van der Waals surface area contributed by atoms with E-state index in [9.17, 15) is 20.0 Å². The lowest BCUT2D eigenvalue weighted by Gasteiger charge is -2.29. The highest BCUT2D eigenvalue weighted by Gasteiger charge is 2.24. The van der Waals surface area contributed by atoms with Crippen LogP contribution in [0.5, 0.6) is 5.75 Å². The SMILES string of the molecule is CC(C)(C)OC(=O)N1CC=C(c2ccc(O)c([N+](=O)[O-])c2)CC1. The number of aromatic hydroxyl groups is 1. The Labute approximate surface area is 134 Å². The molecule has 7 heteroatoms. The highest BCUT2D eigenvalue weighted by molar-refractivity contribution is 5.74. The summed E-state index contributed by atoms with van der Waals surface area (Å²) in [6.45, 7) is 6.30. The molecule has 0 spiro atoms. The van der Waals surface area contributed by atoms with Gasteiger partial charge in [0.15, 0.2) is 5.75 Å². The summed E-state index contributed by atoms with van der Waals surface area (Å²) in [5.41, 5.74) is 0.725. The molecule has 0 atom stereocenters. The molecule has 0 aromatic heterocycles. The predicted octanol–water partition coefficient (Wildman–Crippen LogP) is 3.32. The van der Waals surface area contributed by atoms with Crippen molar-refractivity contribution < 1.29 is 19.6 Å². The lowest BCUT2D eigenvalue weighted by Crippen LogP contribution is -2.39. The standard InChI is InChI=1S/C16H20N2O5/c1-16(2,3)23-15(20)17-8-6-11(7-9-17)12-4-5-14(19)13(10-12)18(21)22/h4-6,10,19H,7-9H2,1-3H3. The zero-order valence-electron chi connectivity index (χ0n) is 13.4. The fraction of sp³-hybridized carbons (Fsp3) is 0.438. The molecule has 2 rings (SSSR count). The molecule has 0 radical (unpaired) electrons. The highest BCUT2D eigenvalue weighted by atomic mass is 16.6. The first kappa shape index (κ1) is 16.8. The van der Waals surface area contributed by atoms with Crippen molar-refractivity contribution in [1.82, 2.24) is 4.90 Å². The summed E-state index contributed by atoms with van der Waals surface area (Å²) in [6.07, 6.45) is 2.05. The maximum Gasteiger partial charge on any atom is 0.410 e. The Hall–Kier alpha value is -2.57. The predicted molar refractivity (Wildman–Crippen MR) is 85.2 cm³/mol. The summed E-state index contributed by atoms with van der Waals surface area (Å²) >= 11 is 0. The average molecular weight is 320 g/mol. The van der Waals surface area contributed by atoms with E-state index < -0.39 is 10.5 Å². The number of ether oxygens (including phenoxy) is 1. The van der Waals surface area contributed by atoms with Gasteiger partial charge in [0, 0.05) is 19.2 Å². The van der Waals surface area contributed by atoms with Gasteiger partial charge in [0.25, 0.3) is 0 Å². The topological polar surface area (TPSA) is 92.9 Å². The second kappa shape index (κ2) is 6.28. The van der Waals surface area contributed by atoms with Crippen molar-refractivity contribution in [2.75, 3.05) is 13.1 Å². The van der Waals surface area contributed by atoms with Gasteiger partial charge < -0.3 is 14.7 Å². The molecular formula is C16H20N2O5. The molecule has 0 saturated heterocycles. The molecule has 1 aromatic carbocycles. The van der Waals surface area contributed by atoms with Gasteiger partial charge in [0.05, 0.1) is 4.92 Å². The summed E-state index contributed by atoms with van der Waals surface area (Å²) in [4.78, 5) is 23.9. The van der Waals surface area contributed by atoms with Crippen LogP contribution in [0.25, 0.3) is 5.57 Å². The van der Waals surface area contributed by atoms with Crippen LogP contribution in [0.1, 0.15) is 32.8 Å². The minimum atomic E-state index is -0.616. The lowest BCUT2D eigenvalue weighted by atomic mass is 9.99. The first-order chi connectivity index (χ1) is 10.7. The number of amides is 1. The first-order valence-corrected chi connectivity index (χ1v) is 7.32. The van der Waals surface area contributed by atoms with Gasteiger partial charge in [-0.2, -0.15) is 0 Å². The maximum atomic E-state index is 12.0. The Balaban J connectivity index is 2.12. The summed E-state index contributed by atoms with van der Waals surface area (Å²) < 4.78 is 5.32. The van der Waals surface area contributed by atoms with E-state index >= 15 is 0 Å². The highest BCUT2D eigenvalue weighted by Crippen LogP contribution is 2.31. The van der Waals surface area contributed by atoms with Crippen LogP contribution in [0.15, 0.2) is 24.3 Å². The molecule has 1 N–H and O–H groups in total. The van der Waals surface area contributed by atoms with Crippen LogP contribution in [0.3, 0.4) is 0 Å². The monoisotopic (exact) mass is 320 g/mol. The van der Waals surface area contributed by atoms with Gasteiger partial charge in [-0.05, 0) is 44.4 Å². The van der Waals surface area contributed by atoms with Gasteiger partial charge in [-0.1, -0.05) is 12.1 Å². The summed E-state index contributed by atoms with van der Waals surface area (Å²) in [7, 11) is 0. The number of carbonyl (C=O) groups is 1. The van der Waals surface area contributed by atoms with E-state index in [-0.39, 0.29) is 17.5 Å². The summed E-state index contributed by atoms with van der Waals surface area (Å²) in [5, 5.41) is 20.4. The zero-order chi connectivity index (χ0) is 17.2. The van der Waals surface area contributed by atoms with Crippen LogP contribution in [-0.4, -0.2) is 39.7 Å². The van der Waals surface area contributed by atoms with Gasteiger partial charge in [0.1, 0.15) is 5.60 Å². The Morgan fingerprint density at radius 3 is 2.61 bits per heavy atom. The average Bonchev–Trinajstić information content (AvgIpc) is 2.46. The summed E-state index contributed by atoms with van der Waals surface area (Å²) in [5.74, 6) is -0.356. The molecule has 0 unspecified atom stereocenters. The maximum absolute atomic E-state index is 12.0. The van der Waals surface area contributed by atoms with Crippen LogP contribution in [0, 0.1) is 10.1 Å². The number of phenolic OH excluding ortho intramolecular Hbond substituents is 1. The van der Waals surface area contributed by atoms with Gasteiger partial charge in [-0.3, -0.25) is 10.1 Å². The van der Waals surface area contributed by atoms with E-state index in [1.807, 2.05) is 26.8 Å². The quantitative estimate of drug-likeness (QED) is 0.666. The van der Waals surface area contributed by atoms with Crippen LogP contribution in [0.4, 0.5) is 10.5 Å². The normalized spacial score (nSPS) is 15.1. The van der Waals surface area contributed by atoms with E-state index in [2.05, 4.69) is 0 Å². The van der Waals surface area contributed by atoms with Crippen LogP contribution in [-0.2, 0) is 4.74 Å². The number of hydrogen-bond donors (Lipinski definition) is 1. The zero-order valence-corrected chi connectivity index (χ0v) is 13.4. The fourth-order valence-electron chi connectivity index (χ4n) is 2.29. The van der Waals surface area contributed by atoms with Crippen molar-refractivity contribution in [3.05, 3.63) is 40.0 Å². The molecule has 0 fully saturated rings. The van der Waals surface area contributed by atoms with E-state index in [0.717, 1.165) is 5.57 Å². The number of rotatable bonds is 2. The number of nitro benzene ring substituents is 1. The Morgan fingerprint density at radius 1 is 1.39 bits per heavy atom. The number of phenols is 1. The van der Waals surface area contributed by atoms with E-state index in [4.69, 9.17) is 4.74 Å². The number of nitrogens with zero attached hydrogens (tertiary/aromatic N) is 2. The van der Waals surface area contributed by atoms with Crippen molar-refractivity contribution in [2.24, 2.45) is 0 Å². The van der Waals surface area contributed by atoms with Gasteiger partial charge in [-0.15, -0.1) is 0 Å². The third-order valence-electron chi connectivity index (χ3n) is 3.40. The molecule has 1 aliphatic heterocycles. The second-order valence-electron chi connectivity index (χ2n) is 6.37. The van der Waals surface area contributed by atoms with Gasteiger partial charge in [0.2, 0.25) is 0 Å². The molecule has 1 heterocycles. The number of benzene rings is 1. The van der Waals surface area contributed by atoms with E-state index in [1.165, 1.54) is 12.1 Å². The van der Waals surface area contributed by atoms with Crippen molar-refractivity contribution in [3.63, 3.8) is 0 Å². The number of hydrogen-bond acceptors (Lipinski definition) is 5. The van der Waals surface area contributed by atoms with E-state index in [0.29, 0.717) is 25.1 Å². The van der Waals surface area contributed by atoms with E-state index in [1.54, 1.807) is 11.0 Å². The molecule has 1 amide bonds. The third-order valence-corrected chi connectivity index (χ3v) is 3.40.